The molecule has 2 aromatic rings. The van der Waals surface area contributed by atoms with Crippen LogP contribution in [0.2, 0.25) is 0 Å². The fourth-order valence-corrected chi connectivity index (χ4v) is 4.13. The van der Waals surface area contributed by atoms with Crippen LogP contribution in [0.5, 0.6) is 11.5 Å². The van der Waals surface area contributed by atoms with Gasteiger partial charge in [-0.15, -0.1) is 0 Å². The normalized spacial score (nSPS) is 20.2. The molecule has 0 aliphatic carbocycles. The summed E-state index contributed by atoms with van der Waals surface area (Å²) < 4.78 is 16.4. The zero-order chi connectivity index (χ0) is 19.0. The molecular weight excluding hydrogens is 346 g/mol. The van der Waals surface area contributed by atoms with Crippen LogP contribution in [0.4, 0.5) is 11.8 Å². The van der Waals surface area contributed by atoms with Gasteiger partial charge in [-0.05, 0) is 26.0 Å². The highest BCUT2D eigenvalue weighted by molar-refractivity contribution is 5.91. The van der Waals surface area contributed by atoms with E-state index < -0.39 is 0 Å². The van der Waals surface area contributed by atoms with Crippen molar-refractivity contribution >= 4 is 22.7 Å². The summed E-state index contributed by atoms with van der Waals surface area (Å²) in [6.45, 7) is 4.32. The maximum atomic E-state index is 6.27. The van der Waals surface area contributed by atoms with Gasteiger partial charge in [0.05, 0.1) is 19.7 Å². The molecule has 8 heteroatoms. The molecule has 1 spiro atoms. The number of ether oxygens (including phenoxy) is 3. The lowest BCUT2D eigenvalue weighted by atomic mass is 9.86. The first-order chi connectivity index (χ1) is 13.1. The topological polar surface area (TPSA) is 86.0 Å². The standard InChI is InChI=1S/C19H27N5O3/c1-23-6-7-24(12-19(23)4-8-27-9-5-19)18-21-14-11-16(26-3)15(25-2)10-13(14)17(20)22-18/h10-11H,4-9,12H2,1-3H3,(H2,20,21,22). The van der Waals surface area contributed by atoms with Crippen LogP contribution in [0.3, 0.4) is 0 Å². The van der Waals surface area contributed by atoms with Gasteiger partial charge in [-0.2, -0.15) is 4.98 Å². The molecule has 3 heterocycles. The van der Waals surface area contributed by atoms with Crippen molar-refractivity contribution in [2.75, 3.05) is 64.7 Å². The van der Waals surface area contributed by atoms with Crippen molar-refractivity contribution in [3.63, 3.8) is 0 Å². The lowest BCUT2D eigenvalue weighted by molar-refractivity contribution is -0.0222. The monoisotopic (exact) mass is 373 g/mol. The number of nitrogens with two attached hydrogens (primary N) is 1. The predicted octanol–water partition coefficient (Wildman–Crippen LogP) is 1.53. The second-order valence-electron chi connectivity index (χ2n) is 7.31. The Labute approximate surface area is 159 Å². The van der Waals surface area contributed by atoms with Gasteiger partial charge >= 0.3 is 0 Å². The summed E-state index contributed by atoms with van der Waals surface area (Å²) in [6, 6.07) is 3.69. The lowest BCUT2D eigenvalue weighted by Crippen LogP contribution is -2.63. The summed E-state index contributed by atoms with van der Waals surface area (Å²) in [5.41, 5.74) is 7.14. The van der Waals surface area contributed by atoms with Crippen molar-refractivity contribution in [3.05, 3.63) is 12.1 Å². The molecule has 2 fully saturated rings. The smallest absolute Gasteiger partial charge is 0.227 e. The molecule has 0 unspecified atom stereocenters. The van der Waals surface area contributed by atoms with Crippen molar-refractivity contribution in [2.24, 2.45) is 0 Å². The molecule has 27 heavy (non-hydrogen) atoms. The molecule has 0 amide bonds. The van der Waals surface area contributed by atoms with E-state index >= 15 is 0 Å². The Morgan fingerprint density at radius 2 is 1.78 bits per heavy atom. The number of benzene rings is 1. The van der Waals surface area contributed by atoms with E-state index in [9.17, 15) is 0 Å². The summed E-state index contributed by atoms with van der Waals surface area (Å²) in [6.07, 6.45) is 2.04. The average molecular weight is 373 g/mol. The number of fused-ring (bicyclic) bond motifs is 1. The van der Waals surface area contributed by atoms with Crippen LogP contribution in [-0.2, 0) is 4.74 Å². The number of aromatic nitrogens is 2. The van der Waals surface area contributed by atoms with Gasteiger partial charge in [0.15, 0.2) is 11.5 Å². The molecule has 2 N–H and O–H groups in total. The van der Waals surface area contributed by atoms with Crippen molar-refractivity contribution in [2.45, 2.75) is 18.4 Å². The quantitative estimate of drug-likeness (QED) is 0.867. The highest BCUT2D eigenvalue weighted by atomic mass is 16.5. The molecule has 0 bridgehead atoms. The first-order valence-electron chi connectivity index (χ1n) is 9.29. The summed E-state index contributed by atoms with van der Waals surface area (Å²) in [5, 5.41) is 0.770. The van der Waals surface area contributed by atoms with Gasteiger partial charge in [0, 0.05) is 49.8 Å². The van der Waals surface area contributed by atoms with E-state index in [0.29, 0.717) is 23.3 Å². The van der Waals surface area contributed by atoms with Gasteiger partial charge in [-0.1, -0.05) is 0 Å². The molecule has 0 radical (unpaired) electrons. The SMILES string of the molecule is COc1cc2nc(N3CCN(C)C4(CCOCC4)C3)nc(N)c2cc1OC. The Balaban J connectivity index is 1.71. The fraction of sp³-hybridized carbons (Fsp3) is 0.579. The van der Waals surface area contributed by atoms with Crippen molar-refractivity contribution in [1.29, 1.82) is 0 Å². The second-order valence-corrected chi connectivity index (χ2v) is 7.31. The van der Waals surface area contributed by atoms with Gasteiger partial charge in [0.2, 0.25) is 5.95 Å². The molecule has 146 valence electrons. The van der Waals surface area contributed by atoms with Crippen molar-refractivity contribution in [1.82, 2.24) is 14.9 Å². The van der Waals surface area contributed by atoms with Gasteiger partial charge in [0.25, 0.3) is 0 Å². The van der Waals surface area contributed by atoms with Gasteiger partial charge in [0.1, 0.15) is 5.82 Å². The Morgan fingerprint density at radius 3 is 2.48 bits per heavy atom. The van der Waals surface area contributed by atoms with E-state index in [4.69, 9.17) is 24.9 Å². The number of piperazine rings is 1. The first kappa shape index (κ1) is 18.1. The number of rotatable bonds is 3. The van der Waals surface area contributed by atoms with E-state index in [1.165, 1.54) is 0 Å². The molecule has 2 aliphatic heterocycles. The minimum absolute atomic E-state index is 0.112. The molecule has 1 aromatic heterocycles. The molecule has 1 aromatic carbocycles. The minimum atomic E-state index is 0.112. The zero-order valence-corrected chi connectivity index (χ0v) is 16.2. The minimum Gasteiger partial charge on any atom is -0.493 e. The van der Waals surface area contributed by atoms with Crippen LogP contribution in [-0.4, -0.2) is 74.5 Å². The molecule has 4 rings (SSSR count). The molecule has 0 atom stereocenters. The van der Waals surface area contributed by atoms with E-state index in [-0.39, 0.29) is 5.54 Å². The fourth-order valence-electron chi connectivity index (χ4n) is 4.13. The van der Waals surface area contributed by atoms with Gasteiger partial charge in [-0.25, -0.2) is 4.98 Å². The maximum Gasteiger partial charge on any atom is 0.227 e. The van der Waals surface area contributed by atoms with Crippen LogP contribution in [0.1, 0.15) is 12.8 Å². The van der Waals surface area contributed by atoms with Gasteiger partial charge in [-0.3, -0.25) is 4.90 Å². The molecule has 2 aliphatic rings. The van der Waals surface area contributed by atoms with E-state index in [1.54, 1.807) is 14.2 Å². The van der Waals surface area contributed by atoms with Crippen LogP contribution >= 0.6 is 0 Å². The van der Waals surface area contributed by atoms with Crippen LogP contribution in [0, 0.1) is 0 Å². The van der Waals surface area contributed by atoms with E-state index in [2.05, 4.69) is 21.8 Å². The number of hydrogen-bond acceptors (Lipinski definition) is 8. The molecule has 8 nitrogen and oxygen atoms in total. The Morgan fingerprint density at radius 1 is 1.07 bits per heavy atom. The van der Waals surface area contributed by atoms with E-state index in [0.717, 1.165) is 56.6 Å². The maximum absolute atomic E-state index is 6.27. The molecular formula is C19H27N5O3. The zero-order valence-electron chi connectivity index (χ0n) is 16.2. The third kappa shape index (κ3) is 3.12. The number of likely N-dealkylation sites (N-methyl/N-ethyl adjacent to an activating group) is 1. The number of hydrogen-bond donors (Lipinski definition) is 1. The van der Waals surface area contributed by atoms with Gasteiger partial charge < -0.3 is 24.8 Å². The molecule has 2 saturated heterocycles. The molecule has 0 saturated carbocycles. The Hall–Kier alpha value is -2.32. The van der Waals surface area contributed by atoms with E-state index in [1.807, 2.05) is 12.1 Å². The third-order valence-electron chi connectivity index (χ3n) is 5.93. The van der Waals surface area contributed by atoms with Crippen LogP contribution in [0.25, 0.3) is 10.9 Å². The number of anilines is 2. The summed E-state index contributed by atoms with van der Waals surface area (Å²) in [5.74, 6) is 2.38. The summed E-state index contributed by atoms with van der Waals surface area (Å²) in [4.78, 5) is 14.1. The second kappa shape index (κ2) is 7.01. The third-order valence-corrected chi connectivity index (χ3v) is 5.93. The number of nitrogen functional groups attached to an aromatic ring is 1. The summed E-state index contributed by atoms with van der Waals surface area (Å²) >= 11 is 0. The Bertz CT molecular complexity index is 838. The lowest BCUT2D eigenvalue weighted by Gasteiger charge is -2.51. The largest absolute Gasteiger partial charge is 0.493 e. The highest BCUT2D eigenvalue weighted by Gasteiger charge is 2.41. The Kier molecular flexibility index (Phi) is 4.69. The van der Waals surface area contributed by atoms with Crippen molar-refractivity contribution in [3.8, 4) is 11.5 Å². The van der Waals surface area contributed by atoms with Crippen LogP contribution < -0.4 is 20.1 Å². The predicted molar refractivity (Wildman–Crippen MR) is 105 cm³/mol. The average Bonchev–Trinajstić information content (AvgIpc) is 2.70. The number of nitrogens with zero attached hydrogens (tertiary/aromatic N) is 4. The highest BCUT2D eigenvalue weighted by Crippen LogP contribution is 2.36. The van der Waals surface area contributed by atoms with Crippen molar-refractivity contribution < 1.29 is 14.2 Å². The number of methoxy groups -OCH3 is 2. The van der Waals surface area contributed by atoms with Crippen LogP contribution in [0.15, 0.2) is 12.1 Å². The summed E-state index contributed by atoms with van der Waals surface area (Å²) in [7, 11) is 5.42. The first-order valence-corrected chi connectivity index (χ1v) is 9.29.